The molecule has 0 bridgehead atoms. The Balaban J connectivity index is 1.86. The Bertz CT molecular complexity index is 1010. The second kappa shape index (κ2) is 9.46. The Hall–Kier alpha value is -2.30. The lowest BCUT2D eigenvalue weighted by Crippen LogP contribution is -2.42. The lowest BCUT2D eigenvalue weighted by molar-refractivity contribution is -0.139. The fourth-order valence-electron chi connectivity index (χ4n) is 4.65. The fourth-order valence-corrected chi connectivity index (χ4v) is 5.15. The highest BCUT2D eigenvalue weighted by molar-refractivity contribution is 6.41. The van der Waals surface area contributed by atoms with E-state index < -0.39 is 0 Å². The van der Waals surface area contributed by atoms with Gasteiger partial charge in [0.2, 0.25) is 0 Å². The van der Waals surface area contributed by atoms with Crippen LogP contribution in [0.25, 0.3) is 5.57 Å². The third-order valence-corrected chi connectivity index (χ3v) is 6.68. The monoisotopic (exact) mass is 456 g/mol. The van der Waals surface area contributed by atoms with Crippen molar-refractivity contribution in [1.29, 1.82) is 0 Å². The first kappa shape index (κ1) is 21.9. The number of anilines is 1. The van der Waals surface area contributed by atoms with Crippen LogP contribution in [0.4, 0.5) is 5.69 Å². The number of hydrogen-bond acceptors (Lipinski definition) is 3. The van der Waals surface area contributed by atoms with Crippen LogP contribution in [0, 0.1) is 0 Å². The topological polar surface area (TPSA) is 40.6 Å². The van der Waals surface area contributed by atoms with Gasteiger partial charge in [-0.15, -0.1) is 0 Å². The Morgan fingerprint density at radius 1 is 0.935 bits per heavy atom. The van der Waals surface area contributed by atoms with Gasteiger partial charge in [-0.1, -0.05) is 73.2 Å². The standard InChI is InChI=1S/C25H26Cl2N2O2/c1-2-28(18-10-8-5-9-11-18)23-22(20-15-14-17(26)16-21(20)27)24(30)29(25(23)31)19-12-6-3-4-7-13-19/h5,8-11,14-16,19H,2-4,6-7,12-13H2,1H3. The molecule has 162 valence electrons. The van der Waals surface area contributed by atoms with Gasteiger partial charge in [0.15, 0.2) is 0 Å². The molecule has 2 aromatic rings. The third kappa shape index (κ3) is 4.24. The summed E-state index contributed by atoms with van der Waals surface area (Å²) in [5.74, 6) is -0.492. The molecule has 0 saturated heterocycles. The number of para-hydroxylation sites is 1. The molecule has 1 fully saturated rings. The van der Waals surface area contributed by atoms with E-state index in [0.717, 1.165) is 44.2 Å². The SMILES string of the molecule is CCN(C1=C(c2ccc(Cl)cc2Cl)C(=O)N(C2CCCCCC2)C1=O)c1ccccc1. The smallest absolute Gasteiger partial charge is 0.278 e. The van der Waals surface area contributed by atoms with Crippen LogP contribution in [0.2, 0.25) is 10.0 Å². The van der Waals surface area contributed by atoms with Crippen molar-refractivity contribution in [2.75, 3.05) is 11.4 Å². The van der Waals surface area contributed by atoms with E-state index in [4.69, 9.17) is 23.2 Å². The lowest BCUT2D eigenvalue weighted by atomic mass is 10.0. The summed E-state index contributed by atoms with van der Waals surface area (Å²) >= 11 is 12.6. The van der Waals surface area contributed by atoms with Crippen molar-refractivity contribution in [1.82, 2.24) is 4.90 Å². The van der Waals surface area contributed by atoms with Crippen LogP contribution < -0.4 is 4.90 Å². The summed E-state index contributed by atoms with van der Waals surface area (Å²) in [5.41, 5.74) is 2.17. The van der Waals surface area contributed by atoms with Crippen molar-refractivity contribution in [2.24, 2.45) is 0 Å². The first-order chi connectivity index (χ1) is 15.0. The van der Waals surface area contributed by atoms with Crippen LogP contribution in [0.15, 0.2) is 54.2 Å². The molecule has 4 nitrogen and oxygen atoms in total. The van der Waals surface area contributed by atoms with Crippen molar-refractivity contribution >= 4 is 46.3 Å². The zero-order chi connectivity index (χ0) is 22.0. The zero-order valence-electron chi connectivity index (χ0n) is 17.6. The highest BCUT2D eigenvalue weighted by Crippen LogP contribution is 2.40. The molecule has 1 saturated carbocycles. The number of hydrogen-bond donors (Lipinski definition) is 0. The van der Waals surface area contributed by atoms with Crippen LogP contribution in [0.5, 0.6) is 0 Å². The van der Waals surface area contributed by atoms with E-state index in [1.807, 2.05) is 42.2 Å². The zero-order valence-corrected chi connectivity index (χ0v) is 19.1. The second-order valence-corrected chi connectivity index (χ2v) is 8.90. The highest BCUT2D eigenvalue weighted by Gasteiger charge is 2.45. The van der Waals surface area contributed by atoms with Gasteiger partial charge in [0, 0.05) is 28.9 Å². The molecule has 0 aromatic heterocycles. The normalized spacial score (nSPS) is 18.0. The molecule has 2 amide bonds. The van der Waals surface area contributed by atoms with Crippen LogP contribution >= 0.6 is 23.2 Å². The summed E-state index contributed by atoms with van der Waals surface area (Å²) < 4.78 is 0. The Morgan fingerprint density at radius 2 is 1.61 bits per heavy atom. The van der Waals surface area contributed by atoms with Crippen molar-refractivity contribution in [2.45, 2.75) is 51.5 Å². The van der Waals surface area contributed by atoms with Crippen molar-refractivity contribution in [3.8, 4) is 0 Å². The fraction of sp³-hybridized carbons (Fsp3) is 0.360. The van der Waals surface area contributed by atoms with E-state index in [1.165, 1.54) is 4.90 Å². The molecular weight excluding hydrogens is 431 g/mol. The molecule has 0 atom stereocenters. The average Bonchev–Trinajstić information content (AvgIpc) is 2.94. The Kier molecular flexibility index (Phi) is 6.68. The van der Waals surface area contributed by atoms with Gasteiger partial charge in [0.05, 0.1) is 10.6 Å². The number of amides is 2. The first-order valence-electron chi connectivity index (χ1n) is 10.9. The summed E-state index contributed by atoms with van der Waals surface area (Å²) in [4.78, 5) is 31.0. The molecule has 1 aliphatic heterocycles. The molecule has 1 heterocycles. The van der Waals surface area contributed by atoms with Gasteiger partial charge in [-0.2, -0.15) is 0 Å². The maximum atomic E-state index is 13.8. The molecule has 0 spiro atoms. The van der Waals surface area contributed by atoms with Gasteiger partial charge in [0.1, 0.15) is 5.70 Å². The minimum atomic E-state index is -0.259. The highest BCUT2D eigenvalue weighted by atomic mass is 35.5. The van der Waals surface area contributed by atoms with E-state index >= 15 is 0 Å². The minimum absolute atomic E-state index is 0.0736. The van der Waals surface area contributed by atoms with Crippen molar-refractivity contribution in [3.05, 3.63) is 69.8 Å². The van der Waals surface area contributed by atoms with Gasteiger partial charge < -0.3 is 4.90 Å². The molecule has 4 rings (SSSR count). The van der Waals surface area contributed by atoms with Crippen LogP contribution in [0.3, 0.4) is 0 Å². The molecule has 2 aromatic carbocycles. The predicted molar refractivity (Wildman–Crippen MR) is 126 cm³/mol. The minimum Gasteiger partial charge on any atom is -0.337 e. The van der Waals surface area contributed by atoms with E-state index in [1.54, 1.807) is 18.2 Å². The molecule has 2 aliphatic rings. The number of benzene rings is 2. The number of carbonyl (C=O) groups is 2. The molecule has 6 heteroatoms. The van der Waals surface area contributed by atoms with Crippen LogP contribution in [0.1, 0.15) is 51.0 Å². The second-order valence-electron chi connectivity index (χ2n) is 8.05. The van der Waals surface area contributed by atoms with E-state index in [2.05, 4.69) is 0 Å². The molecular formula is C25H26Cl2N2O2. The molecule has 0 radical (unpaired) electrons. The number of halogens is 2. The van der Waals surface area contributed by atoms with Crippen molar-refractivity contribution in [3.63, 3.8) is 0 Å². The lowest BCUT2D eigenvalue weighted by Gasteiger charge is -2.28. The van der Waals surface area contributed by atoms with Crippen LogP contribution in [-0.4, -0.2) is 29.3 Å². The summed E-state index contributed by atoms with van der Waals surface area (Å²) in [6, 6.07) is 14.7. The van der Waals surface area contributed by atoms with E-state index in [9.17, 15) is 9.59 Å². The molecule has 0 N–H and O–H groups in total. The molecule has 1 aliphatic carbocycles. The summed E-state index contributed by atoms with van der Waals surface area (Å²) in [6.45, 7) is 2.53. The van der Waals surface area contributed by atoms with Crippen molar-refractivity contribution < 1.29 is 9.59 Å². The molecule has 0 unspecified atom stereocenters. The number of rotatable bonds is 5. The number of carbonyl (C=O) groups excluding carboxylic acids is 2. The number of imide groups is 1. The van der Waals surface area contributed by atoms with Gasteiger partial charge in [0.25, 0.3) is 11.8 Å². The number of likely N-dealkylation sites (N-methyl/N-ethyl adjacent to an activating group) is 1. The predicted octanol–water partition coefficient (Wildman–Crippen LogP) is 6.32. The Labute approximate surface area is 193 Å². The summed E-state index contributed by atoms with van der Waals surface area (Å²) in [7, 11) is 0. The largest absolute Gasteiger partial charge is 0.337 e. The summed E-state index contributed by atoms with van der Waals surface area (Å²) in [6.07, 6.45) is 6.06. The Morgan fingerprint density at radius 3 is 2.23 bits per heavy atom. The summed E-state index contributed by atoms with van der Waals surface area (Å²) in [5, 5.41) is 0.858. The van der Waals surface area contributed by atoms with Gasteiger partial charge in [-0.05, 0) is 44.0 Å². The molecule has 31 heavy (non-hydrogen) atoms. The first-order valence-corrected chi connectivity index (χ1v) is 11.7. The van der Waals surface area contributed by atoms with Gasteiger partial charge >= 0.3 is 0 Å². The quantitative estimate of drug-likeness (QED) is 0.390. The average molecular weight is 457 g/mol. The van der Waals surface area contributed by atoms with Gasteiger partial charge in [-0.25, -0.2) is 0 Å². The van der Waals surface area contributed by atoms with Gasteiger partial charge in [-0.3, -0.25) is 14.5 Å². The maximum absolute atomic E-state index is 13.8. The third-order valence-electron chi connectivity index (χ3n) is 6.14. The van der Waals surface area contributed by atoms with E-state index in [-0.39, 0.29) is 17.9 Å². The maximum Gasteiger partial charge on any atom is 0.278 e. The van der Waals surface area contributed by atoms with E-state index in [0.29, 0.717) is 33.4 Å². The van der Waals surface area contributed by atoms with Crippen LogP contribution in [-0.2, 0) is 9.59 Å². The number of nitrogens with zero attached hydrogens (tertiary/aromatic N) is 2.